The molecule has 1 fully saturated rings. The summed E-state index contributed by atoms with van der Waals surface area (Å²) in [5.74, 6) is 1.81. The minimum Gasteiger partial charge on any atom is -0.393 e. The fourth-order valence-electron chi connectivity index (χ4n) is 3.32. The Kier molecular flexibility index (Phi) is 5.94. The lowest BCUT2D eigenvalue weighted by molar-refractivity contribution is -0.00361. The molecule has 2 heteroatoms. The van der Waals surface area contributed by atoms with Gasteiger partial charge >= 0.3 is 0 Å². The molecule has 1 saturated carbocycles. The molecule has 0 aliphatic heterocycles. The van der Waals surface area contributed by atoms with E-state index in [9.17, 15) is 5.11 Å². The lowest BCUT2D eigenvalue weighted by Gasteiger charge is -2.40. The molecule has 17 heavy (non-hydrogen) atoms. The van der Waals surface area contributed by atoms with Crippen LogP contribution in [0.2, 0.25) is 0 Å². The summed E-state index contributed by atoms with van der Waals surface area (Å²) in [6.07, 6.45) is 4.67. The van der Waals surface area contributed by atoms with Crippen molar-refractivity contribution in [2.45, 2.75) is 65.5 Å². The molecule has 0 spiro atoms. The topological polar surface area (TPSA) is 23.5 Å². The molecule has 102 valence electrons. The van der Waals surface area contributed by atoms with E-state index in [4.69, 9.17) is 0 Å². The minimum absolute atomic E-state index is 0.0926. The van der Waals surface area contributed by atoms with E-state index < -0.39 is 0 Å². The van der Waals surface area contributed by atoms with E-state index in [1.54, 1.807) is 0 Å². The molecule has 0 heterocycles. The average molecular weight is 241 g/mol. The van der Waals surface area contributed by atoms with Crippen LogP contribution in [0.1, 0.15) is 53.4 Å². The van der Waals surface area contributed by atoms with Gasteiger partial charge in [0, 0.05) is 18.5 Å². The van der Waals surface area contributed by atoms with Gasteiger partial charge in [-0.05, 0) is 45.1 Å². The van der Waals surface area contributed by atoms with Crippen LogP contribution in [-0.4, -0.2) is 35.7 Å². The van der Waals surface area contributed by atoms with Crippen LogP contribution in [-0.2, 0) is 0 Å². The standard InChI is InChI=1S/C15H31NO/c1-6-7-13(4)16(5)10-14-12(3)8-11(2)9-15(14)17/h11-15,17H,6-10H2,1-5H3. The smallest absolute Gasteiger partial charge is 0.0585 e. The van der Waals surface area contributed by atoms with Crippen molar-refractivity contribution in [1.29, 1.82) is 0 Å². The number of hydrogen-bond donors (Lipinski definition) is 1. The molecule has 1 rings (SSSR count). The first-order valence-electron chi connectivity index (χ1n) is 7.34. The van der Waals surface area contributed by atoms with Crippen molar-refractivity contribution in [3.8, 4) is 0 Å². The molecule has 0 radical (unpaired) electrons. The Morgan fingerprint density at radius 3 is 2.47 bits per heavy atom. The fourth-order valence-corrected chi connectivity index (χ4v) is 3.32. The Bertz CT molecular complexity index is 207. The number of aliphatic hydroxyl groups excluding tert-OH is 1. The summed E-state index contributed by atoms with van der Waals surface area (Å²) in [5.41, 5.74) is 0. The summed E-state index contributed by atoms with van der Waals surface area (Å²) in [6, 6.07) is 0.638. The summed E-state index contributed by atoms with van der Waals surface area (Å²) in [5, 5.41) is 10.2. The maximum absolute atomic E-state index is 10.2. The van der Waals surface area contributed by atoms with Crippen LogP contribution in [0.25, 0.3) is 0 Å². The Hall–Kier alpha value is -0.0800. The van der Waals surface area contributed by atoms with E-state index in [0.717, 1.165) is 13.0 Å². The van der Waals surface area contributed by atoms with E-state index in [0.29, 0.717) is 23.8 Å². The monoisotopic (exact) mass is 241 g/mol. The third kappa shape index (κ3) is 4.26. The minimum atomic E-state index is -0.0926. The number of rotatable bonds is 5. The highest BCUT2D eigenvalue weighted by Crippen LogP contribution is 2.34. The van der Waals surface area contributed by atoms with E-state index in [1.165, 1.54) is 19.3 Å². The van der Waals surface area contributed by atoms with E-state index in [-0.39, 0.29) is 6.10 Å². The summed E-state index contributed by atoms with van der Waals surface area (Å²) in [4.78, 5) is 2.43. The van der Waals surface area contributed by atoms with Gasteiger partial charge in [-0.25, -0.2) is 0 Å². The van der Waals surface area contributed by atoms with Crippen molar-refractivity contribution < 1.29 is 5.11 Å². The molecule has 1 aliphatic carbocycles. The number of hydrogen-bond acceptors (Lipinski definition) is 2. The second kappa shape index (κ2) is 6.75. The van der Waals surface area contributed by atoms with Crippen molar-refractivity contribution in [1.82, 2.24) is 4.90 Å². The third-order valence-electron chi connectivity index (χ3n) is 4.60. The molecule has 5 atom stereocenters. The van der Waals surface area contributed by atoms with Crippen molar-refractivity contribution in [3.63, 3.8) is 0 Å². The third-order valence-corrected chi connectivity index (χ3v) is 4.60. The SMILES string of the molecule is CCCC(C)N(C)CC1C(C)CC(C)CC1O. The largest absolute Gasteiger partial charge is 0.393 e. The van der Waals surface area contributed by atoms with Crippen LogP contribution in [0.5, 0.6) is 0 Å². The Morgan fingerprint density at radius 1 is 1.29 bits per heavy atom. The second-order valence-electron chi connectivity index (χ2n) is 6.36. The molecular formula is C15H31NO. The van der Waals surface area contributed by atoms with Gasteiger partial charge in [0.2, 0.25) is 0 Å². The van der Waals surface area contributed by atoms with Gasteiger partial charge in [0.05, 0.1) is 6.10 Å². The van der Waals surface area contributed by atoms with Gasteiger partial charge in [-0.1, -0.05) is 27.2 Å². The maximum Gasteiger partial charge on any atom is 0.0585 e. The van der Waals surface area contributed by atoms with Crippen LogP contribution in [0.3, 0.4) is 0 Å². The Balaban J connectivity index is 2.49. The predicted octanol–water partition coefficient (Wildman–Crippen LogP) is 3.15. The van der Waals surface area contributed by atoms with E-state index in [1.807, 2.05) is 0 Å². The van der Waals surface area contributed by atoms with Crippen LogP contribution in [0, 0.1) is 17.8 Å². The number of nitrogens with zero attached hydrogens (tertiary/aromatic N) is 1. The van der Waals surface area contributed by atoms with Crippen LogP contribution in [0.4, 0.5) is 0 Å². The summed E-state index contributed by atoms with van der Waals surface area (Å²) in [7, 11) is 2.21. The maximum atomic E-state index is 10.2. The van der Waals surface area contributed by atoms with Crippen molar-refractivity contribution >= 4 is 0 Å². The first-order chi connectivity index (χ1) is 7.95. The van der Waals surface area contributed by atoms with E-state index in [2.05, 4.69) is 39.6 Å². The molecule has 0 aromatic rings. The fraction of sp³-hybridized carbons (Fsp3) is 1.00. The van der Waals surface area contributed by atoms with Gasteiger partial charge < -0.3 is 10.0 Å². The zero-order valence-corrected chi connectivity index (χ0v) is 12.3. The van der Waals surface area contributed by atoms with Gasteiger partial charge in [0.15, 0.2) is 0 Å². The molecule has 0 bridgehead atoms. The average Bonchev–Trinajstić information content (AvgIpc) is 2.23. The summed E-state index contributed by atoms with van der Waals surface area (Å²) in [6.45, 7) is 10.2. The normalized spacial score (nSPS) is 36.2. The quantitative estimate of drug-likeness (QED) is 0.799. The Labute approximate surface area is 107 Å². The first-order valence-corrected chi connectivity index (χ1v) is 7.34. The lowest BCUT2D eigenvalue weighted by Crippen LogP contribution is -2.43. The summed E-state index contributed by atoms with van der Waals surface area (Å²) < 4.78 is 0. The predicted molar refractivity (Wildman–Crippen MR) is 74.1 cm³/mol. The van der Waals surface area contributed by atoms with E-state index >= 15 is 0 Å². The number of aliphatic hydroxyl groups is 1. The second-order valence-corrected chi connectivity index (χ2v) is 6.36. The van der Waals surface area contributed by atoms with Crippen LogP contribution < -0.4 is 0 Å². The highest BCUT2D eigenvalue weighted by Gasteiger charge is 2.33. The highest BCUT2D eigenvalue weighted by atomic mass is 16.3. The van der Waals surface area contributed by atoms with Crippen molar-refractivity contribution in [3.05, 3.63) is 0 Å². The molecule has 0 aromatic heterocycles. The molecule has 2 nitrogen and oxygen atoms in total. The van der Waals surface area contributed by atoms with Gasteiger partial charge in [0.25, 0.3) is 0 Å². The lowest BCUT2D eigenvalue weighted by atomic mass is 9.73. The van der Waals surface area contributed by atoms with Crippen molar-refractivity contribution in [2.75, 3.05) is 13.6 Å². The highest BCUT2D eigenvalue weighted by molar-refractivity contribution is 4.85. The molecule has 0 amide bonds. The van der Waals surface area contributed by atoms with Gasteiger partial charge in [0.1, 0.15) is 0 Å². The molecular weight excluding hydrogens is 210 g/mol. The van der Waals surface area contributed by atoms with Crippen LogP contribution >= 0.6 is 0 Å². The molecule has 0 saturated heterocycles. The molecule has 1 N–H and O–H groups in total. The van der Waals surface area contributed by atoms with Gasteiger partial charge in [-0.2, -0.15) is 0 Å². The van der Waals surface area contributed by atoms with Gasteiger partial charge in [-0.3, -0.25) is 0 Å². The summed E-state index contributed by atoms with van der Waals surface area (Å²) >= 11 is 0. The van der Waals surface area contributed by atoms with Crippen molar-refractivity contribution in [2.24, 2.45) is 17.8 Å². The zero-order valence-electron chi connectivity index (χ0n) is 12.3. The molecule has 1 aliphatic rings. The van der Waals surface area contributed by atoms with Crippen LogP contribution in [0.15, 0.2) is 0 Å². The van der Waals surface area contributed by atoms with Gasteiger partial charge in [-0.15, -0.1) is 0 Å². The Morgan fingerprint density at radius 2 is 1.94 bits per heavy atom. The zero-order chi connectivity index (χ0) is 13.0. The molecule has 0 aromatic carbocycles. The first kappa shape index (κ1) is 15.0. The molecule has 5 unspecified atom stereocenters.